The van der Waals surface area contributed by atoms with Crippen molar-refractivity contribution in [3.8, 4) is 11.1 Å². The molecule has 0 fully saturated rings. The molecule has 0 saturated heterocycles. The van der Waals surface area contributed by atoms with E-state index in [-0.39, 0.29) is 5.56 Å². The van der Waals surface area contributed by atoms with Gasteiger partial charge in [0.2, 0.25) is 0 Å². The van der Waals surface area contributed by atoms with Gasteiger partial charge in [0.25, 0.3) is 5.56 Å². The van der Waals surface area contributed by atoms with E-state index in [9.17, 15) is 4.79 Å². The molecule has 4 rings (SSSR count). The minimum Gasteiger partial charge on any atom is -0.344 e. The lowest BCUT2D eigenvalue weighted by Crippen LogP contribution is -2.25. The van der Waals surface area contributed by atoms with Gasteiger partial charge in [0.05, 0.1) is 0 Å². The third kappa shape index (κ3) is 4.80. The van der Waals surface area contributed by atoms with Gasteiger partial charge in [-0.1, -0.05) is 84.0 Å². The fourth-order valence-electron chi connectivity index (χ4n) is 3.65. The molecule has 0 aliphatic heterocycles. The van der Waals surface area contributed by atoms with Crippen LogP contribution < -0.4 is 5.56 Å². The van der Waals surface area contributed by atoms with Gasteiger partial charge < -0.3 is 4.57 Å². The first-order valence-corrected chi connectivity index (χ1v) is 12.2. The van der Waals surface area contributed by atoms with Crippen molar-refractivity contribution in [1.29, 1.82) is 0 Å². The molecule has 4 nitrogen and oxygen atoms in total. The predicted molar refractivity (Wildman–Crippen MR) is 134 cm³/mol. The lowest BCUT2D eigenvalue weighted by atomic mass is 10.1. The fraction of sp³-hybridized carbons (Fsp3) is 0.280. The molecule has 0 bridgehead atoms. The van der Waals surface area contributed by atoms with Crippen LogP contribution in [0.3, 0.4) is 0 Å². The van der Waals surface area contributed by atoms with Crippen molar-refractivity contribution in [2.75, 3.05) is 0 Å². The van der Waals surface area contributed by atoms with Crippen LogP contribution in [0.4, 0.5) is 0 Å². The van der Waals surface area contributed by atoms with Crippen molar-refractivity contribution in [3.63, 3.8) is 0 Å². The molecule has 2 aromatic carbocycles. The predicted octanol–water partition coefficient (Wildman–Crippen LogP) is 6.50. The summed E-state index contributed by atoms with van der Waals surface area (Å²) in [5.74, 6) is 1.27. The standard InChI is InChI=1S/C25H26BrN3OS/c1-17(2)12-13-29-24(30)23-22(21(15-28(23)3)19-9-5-4-6-10-19)27-25(29)31-16-18-8-7-11-20(26)14-18/h4-11,14-15,17H,12-13,16H2,1-3H3. The topological polar surface area (TPSA) is 39.8 Å². The second kappa shape index (κ2) is 9.45. The molecule has 2 heterocycles. The van der Waals surface area contributed by atoms with Gasteiger partial charge in [0.1, 0.15) is 11.0 Å². The Hall–Kier alpha value is -2.31. The van der Waals surface area contributed by atoms with Gasteiger partial charge in [0, 0.05) is 35.6 Å². The van der Waals surface area contributed by atoms with Crippen LogP contribution in [0.15, 0.2) is 75.2 Å². The molecule has 0 aliphatic rings. The van der Waals surface area contributed by atoms with Crippen molar-refractivity contribution >= 4 is 38.7 Å². The highest BCUT2D eigenvalue weighted by Crippen LogP contribution is 2.30. The van der Waals surface area contributed by atoms with E-state index in [1.54, 1.807) is 11.8 Å². The Bertz CT molecular complexity index is 1260. The summed E-state index contributed by atoms with van der Waals surface area (Å²) in [6, 6.07) is 18.4. The summed E-state index contributed by atoms with van der Waals surface area (Å²) in [4.78, 5) is 18.6. The lowest BCUT2D eigenvalue weighted by molar-refractivity contribution is 0.480. The minimum absolute atomic E-state index is 0.0343. The molecule has 6 heteroatoms. The first-order valence-electron chi connectivity index (χ1n) is 10.5. The number of rotatable bonds is 7. The third-order valence-corrected chi connectivity index (χ3v) is 6.85. The number of hydrogen-bond donors (Lipinski definition) is 0. The molecule has 4 aromatic rings. The van der Waals surface area contributed by atoms with Crippen LogP contribution in [0, 0.1) is 5.92 Å². The Kier molecular flexibility index (Phi) is 6.68. The van der Waals surface area contributed by atoms with E-state index in [1.165, 1.54) is 5.56 Å². The summed E-state index contributed by atoms with van der Waals surface area (Å²) in [6.45, 7) is 5.04. The Balaban J connectivity index is 1.82. The fourth-order valence-corrected chi connectivity index (χ4v) is 5.06. The van der Waals surface area contributed by atoms with Gasteiger partial charge in [-0.05, 0) is 35.6 Å². The van der Waals surface area contributed by atoms with Gasteiger partial charge in [-0.25, -0.2) is 4.98 Å². The van der Waals surface area contributed by atoms with Crippen LogP contribution in [-0.4, -0.2) is 14.1 Å². The Labute approximate surface area is 195 Å². The smallest absolute Gasteiger partial charge is 0.278 e. The summed E-state index contributed by atoms with van der Waals surface area (Å²) in [7, 11) is 1.93. The highest BCUT2D eigenvalue weighted by Gasteiger charge is 2.19. The van der Waals surface area contributed by atoms with E-state index in [4.69, 9.17) is 4.98 Å². The monoisotopic (exact) mass is 495 g/mol. The second-order valence-corrected chi connectivity index (χ2v) is 10.0. The maximum atomic E-state index is 13.6. The van der Waals surface area contributed by atoms with E-state index < -0.39 is 0 Å². The quantitative estimate of drug-likeness (QED) is 0.217. The Morgan fingerprint density at radius 1 is 1.10 bits per heavy atom. The molecule has 2 aromatic heterocycles. The van der Waals surface area contributed by atoms with Gasteiger partial charge in [-0.3, -0.25) is 9.36 Å². The molecule has 31 heavy (non-hydrogen) atoms. The summed E-state index contributed by atoms with van der Waals surface area (Å²) in [6.07, 6.45) is 2.96. The van der Waals surface area contributed by atoms with Crippen LogP contribution >= 0.6 is 27.7 Å². The van der Waals surface area contributed by atoms with Crippen LogP contribution in [0.2, 0.25) is 0 Å². The number of benzene rings is 2. The summed E-state index contributed by atoms with van der Waals surface area (Å²) >= 11 is 5.17. The van der Waals surface area contributed by atoms with E-state index >= 15 is 0 Å². The molecule has 0 N–H and O–H groups in total. The van der Waals surface area contributed by atoms with Crippen molar-refractivity contribution in [1.82, 2.24) is 14.1 Å². The summed E-state index contributed by atoms with van der Waals surface area (Å²) in [5.41, 5.74) is 4.73. The number of fused-ring (bicyclic) bond motifs is 1. The molecule has 0 spiro atoms. The van der Waals surface area contributed by atoms with Gasteiger partial charge >= 0.3 is 0 Å². The zero-order chi connectivity index (χ0) is 22.0. The van der Waals surface area contributed by atoms with Gasteiger partial charge in [-0.15, -0.1) is 0 Å². The van der Waals surface area contributed by atoms with E-state index in [1.807, 2.05) is 52.7 Å². The molecule has 160 valence electrons. The highest BCUT2D eigenvalue weighted by molar-refractivity contribution is 9.10. The Morgan fingerprint density at radius 3 is 2.58 bits per heavy atom. The highest BCUT2D eigenvalue weighted by atomic mass is 79.9. The summed E-state index contributed by atoms with van der Waals surface area (Å²) < 4.78 is 4.84. The lowest BCUT2D eigenvalue weighted by Gasteiger charge is -2.14. The van der Waals surface area contributed by atoms with Crippen LogP contribution in [-0.2, 0) is 19.3 Å². The maximum Gasteiger partial charge on any atom is 0.278 e. The molecule has 0 aliphatic carbocycles. The molecular weight excluding hydrogens is 470 g/mol. The normalized spacial score (nSPS) is 11.5. The largest absolute Gasteiger partial charge is 0.344 e. The van der Waals surface area contributed by atoms with Crippen LogP contribution in [0.1, 0.15) is 25.8 Å². The van der Waals surface area contributed by atoms with E-state index in [2.05, 4.69) is 54.0 Å². The van der Waals surface area contributed by atoms with Crippen molar-refractivity contribution in [2.45, 2.75) is 37.7 Å². The van der Waals surface area contributed by atoms with Crippen LogP contribution in [0.25, 0.3) is 22.2 Å². The molecule has 0 saturated carbocycles. The van der Waals surface area contributed by atoms with Crippen molar-refractivity contribution < 1.29 is 0 Å². The van der Waals surface area contributed by atoms with Gasteiger partial charge in [0.15, 0.2) is 5.16 Å². The molecule has 0 radical (unpaired) electrons. The first kappa shape index (κ1) is 21.9. The molecule has 0 unspecified atom stereocenters. The average Bonchev–Trinajstić information content (AvgIpc) is 3.08. The van der Waals surface area contributed by atoms with E-state index in [0.717, 1.165) is 38.4 Å². The van der Waals surface area contributed by atoms with Crippen molar-refractivity contribution in [2.24, 2.45) is 13.0 Å². The maximum absolute atomic E-state index is 13.6. The molecule has 0 amide bonds. The number of halogens is 1. The molecule has 0 atom stereocenters. The number of aromatic nitrogens is 3. The number of hydrogen-bond acceptors (Lipinski definition) is 3. The zero-order valence-electron chi connectivity index (χ0n) is 18.0. The summed E-state index contributed by atoms with van der Waals surface area (Å²) in [5, 5.41) is 0.779. The number of thioether (sulfide) groups is 1. The second-order valence-electron chi connectivity index (χ2n) is 8.17. The van der Waals surface area contributed by atoms with Crippen molar-refractivity contribution in [3.05, 3.63) is 81.2 Å². The number of nitrogens with zero attached hydrogens (tertiary/aromatic N) is 3. The Morgan fingerprint density at radius 2 is 1.87 bits per heavy atom. The third-order valence-electron chi connectivity index (χ3n) is 5.31. The van der Waals surface area contributed by atoms with E-state index in [0.29, 0.717) is 18.0 Å². The minimum atomic E-state index is 0.0343. The van der Waals surface area contributed by atoms with Gasteiger partial charge in [-0.2, -0.15) is 0 Å². The van der Waals surface area contributed by atoms with Crippen LogP contribution in [0.5, 0.6) is 0 Å². The first-order chi connectivity index (χ1) is 14.9. The average molecular weight is 496 g/mol. The zero-order valence-corrected chi connectivity index (χ0v) is 20.4. The number of aryl methyl sites for hydroxylation is 1. The molecular formula is C25H26BrN3OS. The SMILES string of the molecule is CC(C)CCn1c(SCc2cccc(Br)c2)nc2c(-c3ccccc3)cn(C)c2c1=O.